The highest BCUT2D eigenvalue weighted by Gasteiger charge is 2.36. The van der Waals surface area contributed by atoms with Crippen LogP contribution in [-0.4, -0.2) is 33.7 Å². The highest BCUT2D eigenvalue weighted by molar-refractivity contribution is 6.06. The first-order valence-electron chi connectivity index (χ1n) is 10.6. The summed E-state index contributed by atoms with van der Waals surface area (Å²) in [6, 6.07) is 4.13. The molecule has 1 saturated carbocycles. The summed E-state index contributed by atoms with van der Waals surface area (Å²) in [5.41, 5.74) is 0.0304. The molecule has 0 saturated heterocycles. The van der Waals surface area contributed by atoms with Crippen LogP contribution >= 0.6 is 0 Å². The fourth-order valence-corrected chi connectivity index (χ4v) is 3.35. The Morgan fingerprint density at radius 1 is 1.20 bits per heavy atom. The lowest BCUT2D eigenvalue weighted by molar-refractivity contribution is -0.125. The van der Waals surface area contributed by atoms with E-state index < -0.39 is 23.2 Å². The van der Waals surface area contributed by atoms with E-state index in [1.165, 1.54) is 6.07 Å². The Bertz CT molecular complexity index is 948. The van der Waals surface area contributed by atoms with E-state index in [1.807, 2.05) is 20.8 Å². The average molecular weight is 417 g/mol. The van der Waals surface area contributed by atoms with E-state index in [0.717, 1.165) is 19.3 Å². The zero-order valence-corrected chi connectivity index (χ0v) is 18.8. The lowest BCUT2D eigenvalue weighted by atomic mass is 9.86. The van der Waals surface area contributed by atoms with Crippen LogP contribution in [0.2, 0.25) is 0 Å². The molecule has 1 aliphatic rings. The maximum Gasteiger partial charge on any atom is 0.273 e. The minimum atomic E-state index is -0.714. The normalized spacial score (nSPS) is 15.8. The van der Waals surface area contributed by atoms with Crippen LogP contribution in [0.4, 0.5) is 4.39 Å². The maximum absolute atomic E-state index is 14.6. The summed E-state index contributed by atoms with van der Waals surface area (Å²) in [6.45, 7) is 12.5. The van der Waals surface area contributed by atoms with Gasteiger partial charge in [-0.3, -0.25) is 14.3 Å². The van der Waals surface area contributed by atoms with Gasteiger partial charge >= 0.3 is 0 Å². The van der Waals surface area contributed by atoms with Crippen LogP contribution in [0, 0.1) is 16.6 Å². The van der Waals surface area contributed by atoms with Gasteiger partial charge in [0.05, 0.1) is 0 Å². The van der Waals surface area contributed by atoms with Gasteiger partial charge < -0.3 is 10.6 Å². The Morgan fingerprint density at radius 3 is 2.43 bits per heavy atom. The number of amides is 2. The average Bonchev–Trinajstić information content (AvgIpc) is 3.34. The second kappa shape index (κ2) is 8.00. The molecule has 7 heteroatoms. The summed E-state index contributed by atoms with van der Waals surface area (Å²) in [6.07, 6.45) is 2.73. The molecule has 1 atom stereocenters. The van der Waals surface area contributed by atoms with Crippen LogP contribution < -0.4 is 10.6 Å². The van der Waals surface area contributed by atoms with Gasteiger partial charge in [0.1, 0.15) is 17.4 Å². The van der Waals surface area contributed by atoms with E-state index in [0.29, 0.717) is 17.4 Å². The molecule has 6 nitrogen and oxygen atoms in total. The first-order chi connectivity index (χ1) is 13.9. The third-order valence-corrected chi connectivity index (χ3v) is 5.34. The number of hydrogen-bond donors (Lipinski definition) is 2. The van der Waals surface area contributed by atoms with Gasteiger partial charge in [0.15, 0.2) is 5.69 Å². The quantitative estimate of drug-likeness (QED) is 0.746. The molecule has 1 aliphatic carbocycles. The molecule has 2 amide bonds. The number of para-hydroxylation sites is 1. The molecule has 164 valence electrons. The summed E-state index contributed by atoms with van der Waals surface area (Å²) in [5.74, 6) is -1.07. The van der Waals surface area contributed by atoms with Crippen LogP contribution in [-0.2, 0) is 11.3 Å². The first-order valence-corrected chi connectivity index (χ1v) is 10.6. The molecule has 1 heterocycles. The van der Waals surface area contributed by atoms with Gasteiger partial charge in [-0.2, -0.15) is 5.10 Å². The highest BCUT2D eigenvalue weighted by atomic mass is 19.1. The molecule has 1 aromatic heterocycles. The van der Waals surface area contributed by atoms with Crippen LogP contribution in [0.25, 0.3) is 10.9 Å². The lowest BCUT2D eigenvalue weighted by Gasteiger charge is -2.30. The van der Waals surface area contributed by atoms with Crippen molar-refractivity contribution in [2.24, 2.45) is 10.8 Å². The molecule has 2 N–H and O–H groups in total. The summed E-state index contributed by atoms with van der Waals surface area (Å²) in [4.78, 5) is 25.9. The number of fused-ring (bicyclic) bond motifs is 1. The van der Waals surface area contributed by atoms with E-state index >= 15 is 0 Å². The lowest BCUT2D eigenvalue weighted by Crippen LogP contribution is -2.54. The Balaban J connectivity index is 1.91. The van der Waals surface area contributed by atoms with E-state index in [2.05, 4.69) is 36.5 Å². The summed E-state index contributed by atoms with van der Waals surface area (Å²) < 4.78 is 16.2. The van der Waals surface area contributed by atoms with E-state index in [4.69, 9.17) is 0 Å². The van der Waals surface area contributed by atoms with Crippen LogP contribution in [0.5, 0.6) is 0 Å². The predicted octanol–water partition coefficient (Wildman–Crippen LogP) is 4.03. The largest absolute Gasteiger partial charge is 0.352 e. The van der Waals surface area contributed by atoms with Gasteiger partial charge in [-0.1, -0.05) is 53.7 Å². The fraction of sp³-hybridized carbons (Fsp3) is 0.609. The number of hydrogen-bond acceptors (Lipinski definition) is 3. The van der Waals surface area contributed by atoms with E-state index in [-0.39, 0.29) is 23.1 Å². The molecule has 3 rings (SSSR count). The molecule has 1 fully saturated rings. The zero-order valence-electron chi connectivity index (χ0n) is 18.8. The number of carbonyl (C=O) groups is 2. The molecular formula is C23H33FN4O2. The number of aryl methyl sites for hydroxylation is 1. The predicted molar refractivity (Wildman–Crippen MR) is 116 cm³/mol. The Morgan fingerprint density at radius 2 is 1.87 bits per heavy atom. The maximum atomic E-state index is 14.6. The highest BCUT2D eigenvalue weighted by Crippen LogP contribution is 2.27. The van der Waals surface area contributed by atoms with Crippen molar-refractivity contribution in [3.63, 3.8) is 0 Å². The Kier molecular flexibility index (Phi) is 5.94. The molecule has 0 radical (unpaired) electrons. The van der Waals surface area contributed by atoms with Crippen molar-refractivity contribution >= 4 is 22.7 Å². The van der Waals surface area contributed by atoms with Gasteiger partial charge in [-0.15, -0.1) is 0 Å². The first kappa shape index (κ1) is 22.2. The van der Waals surface area contributed by atoms with Gasteiger partial charge in [0.2, 0.25) is 5.91 Å². The molecule has 1 aromatic carbocycles. The van der Waals surface area contributed by atoms with Gasteiger partial charge in [0, 0.05) is 18.0 Å². The van der Waals surface area contributed by atoms with Crippen molar-refractivity contribution in [2.75, 3.05) is 0 Å². The minimum Gasteiger partial charge on any atom is -0.352 e. The molecule has 30 heavy (non-hydrogen) atoms. The topological polar surface area (TPSA) is 76.0 Å². The van der Waals surface area contributed by atoms with E-state index in [9.17, 15) is 14.0 Å². The number of carbonyl (C=O) groups excluding carboxylic acids is 2. The third kappa shape index (κ3) is 5.18. The second-order valence-electron chi connectivity index (χ2n) is 10.6. The monoisotopic (exact) mass is 416 g/mol. The SMILES string of the molecule is CC(C)(C)CCn1nc(C(=O)NC(C(=O)NC2CC2)C(C)(C)C)c2cccc(F)c21. The van der Waals surface area contributed by atoms with Crippen molar-refractivity contribution in [2.45, 2.75) is 79.4 Å². The smallest absolute Gasteiger partial charge is 0.273 e. The molecule has 0 bridgehead atoms. The minimum absolute atomic E-state index is 0.0458. The van der Waals surface area contributed by atoms with Crippen molar-refractivity contribution < 1.29 is 14.0 Å². The van der Waals surface area contributed by atoms with Gasteiger partial charge in [-0.05, 0) is 36.2 Å². The van der Waals surface area contributed by atoms with Crippen LogP contribution in [0.15, 0.2) is 18.2 Å². The number of aromatic nitrogens is 2. The fourth-order valence-electron chi connectivity index (χ4n) is 3.35. The number of halogens is 1. The number of nitrogens with one attached hydrogen (secondary N) is 2. The second-order valence-corrected chi connectivity index (χ2v) is 10.6. The summed E-state index contributed by atoms with van der Waals surface area (Å²) in [5, 5.41) is 10.7. The molecule has 1 unspecified atom stereocenters. The Hall–Kier alpha value is -2.44. The standard InChI is InChI=1S/C23H33FN4O2/c1-22(2,3)12-13-28-18-15(8-7-9-16(18)24)17(27-28)20(29)26-19(23(4,5)6)21(30)25-14-10-11-14/h7-9,14,19H,10-13H2,1-6H3,(H,25,30)(H,26,29). The van der Waals surface area contributed by atoms with Crippen molar-refractivity contribution in [3.05, 3.63) is 29.7 Å². The van der Waals surface area contributed by atoms with Gasteiger partial charge in [-0.25, -0.2) is 4.39 Å². The molecule has 2 aromatic rings. The van der Waals surface area contributed by atoms with Crippen LogP contribution in [0.3, 0.4) is 0 Å². The van der Waals surface area contributed by atoms with Crippen molar-refractivity contribution in [1.82, 2.24) is 20.4 Å². The summed E-state index contributed by atoms with van der Waals surface area (Å²) in [7, 11) is 0. The number of benzene rings is 1. The number of rotatable bonds is 6. The van der Waals surface area contributed by atoms with E-state index in [1.54, 1.807) is 16.8 Å². The summed E-state index contributed by atoms with van der Waals surface area (Å²) >= 11 is 0. The zero-order chi connectivity index (χ0) is 22.3. The Labute approximate surface area is 177 Å². The molecule has 0 spiro atoms. The third-order valence-electron chi connectivity index (χ3n) is 5.34. The number of nitrogens with zero attached hydrogens (tertiary/aromatic N) is 2. The van der Waals surface area contributed by atoms with Crippen molar-refractivity contribution in [3.8, 4) is 0 Å². The molecular weight excluding hydrogens is 383 g/mol. The van der Waals surface area contributed by atoms with Crippen molar-refractivity contribution in [1.29, 1.82) is 0 Å². The van der Waals surface area contributed by atoms with Gasteiger partial charge in [0.25, 0.3) is 5.91 Å². The van der Waals surface area contributed by atoms with Crippen LogP contribution in [0.1, 0.15) is 71.3 Å². The molecule has 0 aliphatic heterocycles.